The van der Waals surface area contributed by atoms with Crippen molar-refractivity contribution in [2.75, 3.05) is 12.4 Å². The number of methoxy groups -OCH3 is 1. The molecule has 0 spiro atoms. The van der Waals surface area contributed by atoms with Gasteiger partial charge in [-0.25, -0.2) is 4.79 Å². The summed E-state index contributed by atoms with van der Waals surface area (Å²) in [5, 5.41) is 4.33. The Morgan fingerprint density at radius 3 is 2.84 bits per heavy atom. The van der Waals surface area contributed by atoms with Crippen LogP contribution in [0.25, 0.3) is 0 Å². The largest absolute Gasteiger partial charge is 0.464 e. The standard InChI is InChI=1S/C13H12Cl2N2O2/c1-19-13(18)11-5-3-9(17-11)7-16-12-6-8(14)2-4-10(12)15/h2-6,16-17H,7H2,1H3. The van der Waals surface area contributed by atoms with Gasteiger partial charge in [0.2, 0.25) is 0 Å². The summed E-state index contributed by atoms with van der Waals surface area (Å²) in [5.74, 6) is -0.396. The van der Waals surface area contributed by atoms with E-state index in [0.717, 1.165) is 11.4 Å². The zero-order valence-corrected chi connectivity index (χ0v) is 11.7. The van der Waals surface area contributed by atoms with E-state index < -0.39 is 5.97 Å². The summed E-state index contributed by atoms with van der Waals surface area (Å²) >= 11 is 11.9. The van der Waals surface area contributed by atoms with Gasteiger partial charge in [-0.15, -0.1) is 0 Å². The van der Waals surface area contributed by atoms with Crippen molar-refractivity contribution >= 4 is 34.9 Å². The second-order valence-corrected chi connectivity index (χ2v) is 4.71. The Morgan fingerprint density at radius 1 is 1.32 bits per heavy atom. The van der Waals surface area contributed by atoms with Crippen molar-refractivity contribution in [2.45, 2.75) is 6.54 Å². The van der Waals surface area contributed by atoms with Crippen molar-refractivity contribution in [3.05, 3.63) is 51.8 Å². The van der Waals surface area contributed by atoms with Crippen LogP contribution in [-0.4, -0.2) is 18.1 Å². The first kappa shape index (κ1) is 13.8. The highest BCUT2D eigenvalue weighted by molar-refractivity contribution is 6.35. The lowest BCUT2D eigenvalue weighted by molar-refractivity contribution is 0.0594. The van der Waals surface area contributed by atoms with Gasteiger partial charge in [-0.3, -0.25) is 0 Å². The zero-order chi connectivity index (χ0) is 13.8. The topological polar surface area (TPSA) is 54.1 Å². The lowest BCUT2D eigenvalue weighted by Gasteiger charge is -2.07. The fraction of sp³-hybridized carbons (Fsp3) is 0.154. The van der Waals surface area contributed by atoms with Gasteiger partial charge in [0.1, 0.15) is 5.69 Å². The van der Waals surface area contributed by atoms with Crippen LogP contribution in [0.4, 0.5) is 5.69 Å². The van der Waals surface area contributed by atoms with E-state index in [0.29, 0.717) is 22.3 Å². The number of hydrogen-bond acceptors (Lipinski definition) is 3. The van der Waals surface area contributed by atoms with Gasteiger partial charge in [-0.2, -0.15) is 0 Å². The summed E-state index contributed by atoms with van der Waals surface area (Å²) in [4.78, 5) is 14.2. The minimum Gasteiger partial charge on any atom is -0.464 e. The second-order valence-electron chi connectivity index (χ2n) is 3.87. The molecule has 0 saturated carbocycles. The van der Waals surface area contributed by atoms with E-state index in [1.165, 1.54) is 7.11 Å². The Bertz CT molecular complexity index is 596. The third-order valence-corrected chi connectivity index (χ3v) is 3.11. The first-order valence-electron chi connectivity index (χ1n) is 5.55. The molecule has 0 fully saturated rings. The molecular formula is C13H12Cl2N2O2. The molecule has 2 rings (SSSR count). The molecule has 0 saturated heterocycles. The highest BCUT2D eigenvalue weighted by atomic mass is 35.5. The Hall–Kier alpha value is -1.65. The predicted molar refractivity (Wildman–Crippen MR) is 75.9 cm³/mol. The smallest absolute Gasteiger partial charge is 0.354 e. The van der Waals surface area contributed by atoms with Crippen LogP contribution < -0.4 is 5.32 Å². The number of benzene rings is 1. The van der Waals surface area contributed by atoms with E-state index in [4.69, 9.17) is 23.2 Å². The average molecular weight is 299 g/mol. The van der Waals surface area contributed by atoms with Gasteiger partial charge in [0, 0.05) is 10.7 Å². The molecule has 0 radical (unpaired) electrons. The molecule has 19 heavy (non-hydrogen) atoms. The number of halogens is 2. The number of aromatic amines is 1. The van der Waals surface area contributed by atoms with E-state index in [-0.39, 0.29) is 0 Å². The summed E-state index contributed by atoms with van der Waals surface area (Å²) in [5.41, 5.74) is 2.00. The van der Waals surface area contributed by atoms with Crippen LogP contribution in [0.5, 0.6) is 0 Å². The van der Waals surface area contributed by atoms with Crippen LogP contribution in [0.2, 0.25) is 10.0 Å². The number of anilines is 1. The van der Waals surface area contributed by atoms with Gasteiger partial charge in [0.25, 0.3) is 0 Å². The lowest BCUT2D eigenvalue weighted by atomic mass is 10.3. The number of esters is 1. The second kappa shape index (κ2) is 5.99. The van der Waals surface area contributed by atoms with E-state index in [9.17, 15) is 4.79 Å². The number of H-pyrrole nitrogens is 1. The van der Waals surface area contributed by atoms with Gasteiger partial charge in [0.15, 0.2) is 0 Å². The van der Waals surface area contributed by atoms with Gasteiger partial charge >= 0.3 is 5.97 Å². The Kier molecular flexibility index (Phi) is 4.35. The van der Waals surface area contributed by atoms with Crippen molar-refractivity contribution in [3.63, 3.8) is 0 Å². The molecule has 1 heterocycles. The molecule has 100 valence electrons. The van der Waals surface area contributed by atoms with E-state index >= 15 is 0 Å². The number of carbonyl (C=O) groups excluding carboxylic acids is 1. The van der Waals surface area contributed by atoms with Gasteiger partial charge in [0.05, 0.1) is 24.4 Å². The minimum atomic E-state index is -0.396. The normalized spacial score (nSPS) is 10.3. The van der Waals surface area contributed by atoms with Gasteiger partial charge < -0.3 is 15.0 Å². The van der Waals surface area contributed by atoms with Crippen molar-refractivity contribution in [1.29, 1.82) is 0 Å². The maximum absolute atomic E-state index is 11.3. The Balaban J connectivity index is 2.04. The molecule has 2 aromatic rings. The molecule has 6 heteroatoms. The highest BCUT2D eigenvalue weighted by Gasteiger charge is 2.08. The van der Waals surface area contributed by atoms with E-state index in [1.54, 1.807) is 30.3 Å². The number of hydrogen-bond donors (Lipinski definition) is 2. The Labute approximate surface area is 120 Å². The SMILES string of the molecule is COC(=O)c1ccc(CNc2cc(Cl)ccc2Cl)[nH]1. The summed E-state index contributed by atoms with van der Waals surface area (Å²) in [7, 11) is 1.34. The molecule has 0 atom stereocenters. The zero-order valence-electron chi connectivity index (χ0n) is 10.2. The van der Waals surface area contributed by atoms with Crippen molar-refractivity contribution in [1.82, 2.24) is 4.98 Å². The maximum atomic E-state index is 11.3. The molecule has 0 aliphatic carbocycles. The molecule has 0 aliphatic rings. The van der Waals surface area contributed by atoms with Gasteiger partial charge in [-0.05, 0) is 30.3 Å². The van der Waals surface area contributed by atoms with Crippen molar-refractivity contribution in [2.24, 2.45) is 0 Å². The first-order chi connectivity index (χ1) is 9.10. The number of carbonyl (C=O) groups is 1. The maximum Gasteiger partial charge on any atom is 0.354 e. The lowest BCUT2D eigenvalue weighted by Crippen LogP contribution is -2.04. The highest BCUT2D eigenvalue weighted by Crippen LogP contribution is 2.25. The monoisotopic (exact) mass is 298 g/mol. The molecule has 2 N–H and O–H groups in total. The molecule has 0 unspecified atom stereocenters. The molecule has 0 aliphatic heterocycles. The number of rotatable bonds is 4. The number of aromatic nitrogens is 1. The Morgan fingerprint density at radius 2 is 2.11 bits per heavy atom. The molecule has 0 bridgehead atoms. The van der Waals surface area contributed by atoms with Crippen molar-refractivity contribution < 1.29 is 9.53 Å². The van der Waals surface area contributed by atoms with Crippen LogP contribution in [0.15, 0.2) is 30.3 Å². The van der Waals surface area contributed by atoms with Crippen molar-refractivity contribution in [3.8, 4) is 0 Å². The summed E-state index contributed by atoms with van der Waals surface area (Å²) in [6.07, 6.45) is 0. The molecule has 4 nitrogen and oxygen atoms in total. The van der Waals surface area contributed by atoms with E-state index in [1.807, 2.05) is 0 Å². The summed E-state index contributed by atoms with van der Waals surface area (Å²) in [6.45, 7) is 0.497. The fourth-order valence-corrected chi connectivity index (χ4v) is 1.95. The number of ether oxygens (including phenoxy) is 1. The van der Waals surface area contributed by atoms with Crippen LogP contribution in [0.3, 0.4) is 0 Å². The molecule has 1 aromatic carbocycles. The summed E-state index contributed by atoms with van der Waals surface area (Å²) < 4.78 is 4.62. The van der Waals surface area contributed by atoms with Crippen LogP contribution in [0.1, 0.15) is 16.2 Å². The third kappa shape index (κ3) is 3.43. The predicted octanol–water partition coefficient (Wildman–Crippen LogP) is 3.72. The van der Waals surface area contributed by atoms with Crippen LogP contribution >= 0.6 is 23.2 Å². The fourth-order valence-electron chi connectivity index (χ4n) is 1.60. The third-order valence-electron chi connectivity index (χ3n) is 2.55. The molecule has 0 amide bonds. The molecular weight excluding hydrogens is 287 g/mol. The number of nitrogens with one attached hydrogen (secondary N) is 2. The van der Waals surface area contributed by atoms with Crippen LogP contribution in [-0.2, 0) is 11.3 Å². The first-order valence-corrected chi connectivity index (χ1v) is 6.31. The summed E-state index contributed by atoms with van der Waals surface area (Å²) in [6, 6.07) is 8.66. The minimum absolute atomic E-state index is 0.396. The average Bonchev–Trinajstić information content (AvgIpc) is 2.88. The van der Waals surface area contributed by atoms with E-state index in [2.05, 4.69) is 15.0 Å². The quantitative estimate of drug-likeness (QED) is 0.846. The van der Waals surface area contributed by atoms with Gasteiger partial charge in [-0.1, -0.05) is 23.2 Å². The van der Waals surface area contributed by atoms with Crippen LogP contribution in [0, 0.1) is 0 Å². The molecule has 1 aromatic heterocycles.